The number of fused-ring (bicyclic) bond motifs is 1. The van der Waals surface area contributed by atoms with E-state index in [1.54, 1.807) is 10.7 Å². The molecule has 9 heteroatoms. The Hall–Kier alpha value is -1.84. The maximum Gasteiger partial charge on any atom is 0.242 e. The van der Waals surface area contributed by atoms with Crippen molar-refractivity contribution in [2.45, 2.75) is 31.8 Å². The first kappa shape index (κ1) is 15.1. The van der Waals surface area contributed by atoms with Crippen LogP contribution in [0.25, 0.3) is 10.2 Å². The molecule has 3 heterocycles. The largest absolute Gasteiger partial charge is 0.254 e. The van der Waals surface area contributed by atoms with Crippen LogP contribution < -0.4 is 4.72 Å². The highest BCUT2D eigenvalue weighted by molar-refractivity contribution is 7.89. The van der Waals surface area contributed by atoms with Crippen molar-refractivity contribution in [1.82, 2.24) is 24.7 Å². The molecule has 0 radical (unpaired) electrons. The molecule has 0 bridgehead atoms. The van der Waals surface area contributed by atoms with Gasteiger partial charge < -0.3 is 0 Å². The van der Waals surface area contributed by atoms with Crippen LogP contribution >= 0.6 is 11.3 Å². The summed E-state index contributed by atoms with van der Waals surface area (Å²) >= 11 is 1.46. The minimum atomic E-state index is -3.62. The van der Waals surface area contributed by atoms with Crippen LogP contribution in [0.4, 0.5) is 0 Å². The molecular weight excluding hydrogens is 322 g/mol. The molecule has 0 saturated carbocycles. The van der Waals surface area contributed by atoms with Gasteiger partial charge in [0.2, 0.25) is 10.0 Å². The van der Waals surface area contributed by atoms with Gasteiger partial charge in [0.15, 0.2) is 0 Å². The predicted octanol–water partition coefficient (Wildman–Crippen LogP) is 1.69. The number of nitrogens with one attached hydrogen (secondary N) is 1. The second-order valence-corrected chi connectivity index (χ2v) is 7.45. The summed E-state index contributed by atoms with van der Waals surface area (Å²) in [6, 6.07) is 3.50. The third-order valence-electron chi connectivity index (χ3n) is 3.35. The summed E-state index contributed by atoms with van der Waals surface area (Å²) in [5, 5.41) is 9.81. The molecule has 0 atom stereocenters. The molecule has 0 saturated heterocycles. The smallest absolute Gasteiger partial charge is 0.242 e. The molecule has 0 aliphatic rings. The lowest BCUT2D eigenvalue weighted by atomic mass is 10.3. The van der Waals surface area contributed by atoms with E-state index in [0.29, 0.717) is 6.54 Å². The van der Waals surface area contributed by atoms with Crippen molar-refractivity contribution in [3.8, 4) is 0 Å². The molecule has 0 spiro atoms. The van der Waals surface area contributed by atoms with E-state index in [0.717, 1.165) is 21.6 Å². The lowest BCUT2D eigenvalue weighted by Crippen LogP contribution is -2.25. The van der Waals surface area contributed by atoms with Crippen LogP contribution in [0.1, 0.15) is 18.3 Å². The van der Waals surface area contributed by atoms with Crippen molar-refractivity contribution in [1.29, 1.82) is 0 Å². The zero-order valence-corrected chi connectivity index (χ0v) is 13.8. The maximum absolute atomic E-state index is 12.4. The molecule has 0 unspecified atom stereocenters. The highest BCUT2D eigenvalue weighted by Crippen LogP contribution is 2.21. The number of nitrogens with zero attached hydrogens (tertiary/aromatic N) is 4. The average molecular weight is 337 g/mol. The summed E-state index contributed by atoms with van der Waals surface area (Å²) in [7, 11) is -3.62. The van der Waals surface area contributed by atoms with E-state index < -0.39 is 10.0 Å². The quantitative estimate of drug-likeness (QED) is 0.765. The van der Waals surface area contributed by atoms with Crippen LogP contribution in [0.2, 0.25) is 0 Å². The number of aromatic nitrogens is 4. The van der Waals surface area contributed by atoms with Gasteiger partial charge in [-0.15, -0.1) is 16.4 Å². The van der Waals surface area contributed by atoms with Crippen LogP contribution in [0.5, 0.6) is 0 Å². The average Bonchev–Trinajstić information content (AvgIpc) is 3.10. The van der Waals surface area contributed by atoms with E-state index in [1.165, 1.54) is 17.5 Å². The van der Waals surface area contributed by atoms with Crippen molar-refractivity contribution >= 4 is 31.6 Å². The molecule has 3 aromatic heterocycles. The zero-order chi connectivity index (χ0) is 15.7. The van der Waals surface area contributed by atoms with Gasteiger partial charge in [0, 0.05) is 12.7 Å². The number of rotatable bonds is 5. The Morgan fingerprint density at radius 2 is 2.23 bits per heavy atom. The normalized spacial score (nSPS) is 12.1. The van der Waals surface area contributed by atoms with Crippen molar-refractivity contribution in [3.05, 3.63) is 35.1 Å². The highest BCUT2D eigenvalue weighted by Gasteiger charge is 2.17. The number of aryl methyl sites for hydroxylation is 2. The van der Waals surface area contributed by atoms with Crippen molar-refractivity contribution < 1.29 is 8.42 Å². The zero-order valence-electron chi connectivity index (χ0n) is 12.1. The fourth-order valence-corrected chi connectivity index (χ4v) is 3.93. The summed E-state index contributed by atoms with van der Waals surface area (Å²) in [6.07, 6.45) is 1.37. The van der Waals surface area contributed by atoms with Gasteiger partial charge in [0.25, 0.3) is 0 Å². The maximum atomic E-state index is 12.4. The third kappa shape index (κ3) is 2.74. The number of pyridine rings is 1. The van der Waals surface area contributed by atoms with Crippen molar-refractivity contribution in [2.24, 2.45) is 0 Å². The lowest BCUT2D eigenvalue weighted by molar-refractivity contribution is 0.565. The highest BCUT2D eigenvalue weighted by atomic mass is 32.2. The summed E-state index contributed by atoms with van der Waals surface area (Å²) in [5.41, 5.74) is 2.28. The number of hydrogen-bond donors (Lipinski definition) is 1. The number of sulfonamides is 1. The Morgan fingerprint density at radius 1 is 1.41 bits per heavy atom. The summed E-state index contributed by atoms with van der Waals surface area (Å²) in [5.74, 6) is 0. The Bertz CT molecular complexity index is 914. The molecule has 7 nitrogen and oxygen atoms in total. The monoisotopic (exact) mass is 337 g/mol. The Labute approximate surface area is 132 Å². The van der Waals surface area contributed by atoms with Crippen LogP contribution in [-0.2, 0) is 23.1 Å². The minimum Gasteiger partial charge on any atom is -0.254 e. The van der Waals surface area contributed by atoms with Gasteiger partial charge in [-0.25, -0.2) is 17.8 Å². The summed E-state index contributed by atoms with van der Waals surface area (Å²) in [4.78, 5) is 4.33. The van der Waals surface area contributed by atoms with Gasteiger partial charge in [0.1, 0.15) is 4.90 Å². The summed E-state index contributed by atoms with van der Waals surface area (Å²) in [6.45, 7) is 4.53. The van der Waals surface area contributed by atoms with E-state index in [1.807, 2.05) is 25.3 Å². The fraction of sp³-hybridized carbons (Fsp3) is 0.308. The molecule has 0 aliphatic heterocycles. The van der Waals surface area contributed by atoms with E-state index >= 15 is 0 Å². The van der Waals surface area contributed by atoms with Gasteiger partial charge in [-0.2, -0.15) is 0 Å². The lowest BCUT2D eigenvalue weighted by Gasteiger charge is -2.08. The standard InChI is InChI=1S/C13H15N5O2S2/c1-3-18-12(9(2)16-17-18)8-15-22(19,20)10-6-13-11(14-7-10)4-5-21-13/h4-7,15H,3,8H2,1-2H3. The SMILES string of the molecule is CCn1nnc(C)c1CNS(=O)(=O)c1cnc2ccsc2c1. The van der Waals surface area contributed by atoms with Gasteiger partial charge >= 0.3 is 0 Å². The van der Waals surface area contributed by atoms with E-state index in [2.05, 4.69) is 20.0 Å². The van der Waals surface area contributed by atoms with Gasteiger partial charge in [-0.1, -0.05) is 5.21 Å². The molecule has 1 N–H and O–H groups in total. The van der Waals surface area contributed by atoms with Crippen LogP contribution in [0.3, 0.4) is 0 Å². The Kier molecular flexibility index (Phi) is 3.94. The summed E-state index contributed by atoms with van der Waals surface area (Å²) < 4.78 is 29.9. The molecule has 0 amide bonds. The predicted molar refractivity (Wildman–Crippen MR) is 84.1 cm³/mol. The van der Waals surface area contributed by atoms with Gasteiger partial charge in [0.05, 0.1) is 28.1 Å². The second kappa shape index (κ2) is 5.75. The molecular formula is C13H15N5O2S2. The van der Waals surface area contributed by atoms with Crippen molar-refractivity contribution in [3.63, 3.8) is 0 Å². The van der Waals surface area contributed by atoms with E-state index in [9.17, 15) is 8.42 Å². The minimum absolute atomic E-state index is 0.150. The Balaban J connectivity index is 1.85. The first-order chi connectivity index (χ1) is 10.5. The number of thiophene rings is 1. The molecule has 116 valence electrons. The number of hydrogen-bond acceptors (Lipinski definition) is 6. The van der Waals surface area contributed by atoms with Gasteiger partial charge in [-0.05, 0) is 31.4 Å². The molecule has 22 heavy (non-hydrogen) atoms. The fourth-order valence-electron chi connectivity index (χ4n) is 2.12. The van der Waals surface area contributed by atoms with Crippen LogP contribution in [0.15, 0.2) is 28.6 Å². The Morgan fingerprint density at radius 3 is 3.00 bits per heavy atom. The van der Waals surface area contributed by atoms with Crippen LogP contribution in [0, 0.1) is 6.92 Å². The molecule has 3 rings (SSSR count). The molecule has 0 aromatic carbocycles. The molecule has 0 fully saturated rings. The molecule has 3 aromatic rings. The third-order valence-corrected chi connectivity index (χ3v) is 5.57. The van der Waals surface area contributed by atoms with E-state index in [4.69, 9.17) is 0 Å². The van der Waals surface area contributed by atoms with Gasteiger partial charge in [-0.3, -0.25) is 4.98 Å². The second-order valence-electron chi connectivity index (χ2n) is 4.74. The first-order valence-corrected chi connectivity index (χ1v) is 9.09. The topological polar surface area (TPSA) is 89.8 Å². The van der Waals surface area contributed by atoms with Crippen molar-refractivity contribution in [2.75, 3.05) is 0 Å². The first-order valence-electron chi connectivity index (χ1n) is 6.73. The van der Waals surface area contributed by atoms with Crippen LogP contribution in [-0.4, -0.2) is 28.4 Å². The molecule has 0 aliphatic carbocycles. The van der Waals surface area contributed by atoms with E-state index in [-0.39, 0.29) is 11.4 Å².